The number of benzene rings is 1. The van der Waals surface area contributed by atoms with Gasteiger partial charge < -0.3 is 14.7 Å². The van der Waals surface area contributed by atoms with E-state index in [0.29, 0.717) is 24.7 Å². The summed E-state index contributed by atoms with van der Waals surface area (Å²) in [6.07, 6.45) is 4.07. The molecule has 7 heteroatoms. The number of rotatable bonds is 5. The topological polar surface area (TPSA) is 62.1 Å². The normalized spacial score (nSPS) is 18.8. The zero-order chi connectivity index (χ0) is 18.8. The Balaban J connectivity index is 1.90. The third kappa shape index (κ3) is 3.34. The minimum atomic E-state index is -0.984. The zero-order valence-corrected chi connectivity index (χ0v) is 14.6. The number of nitrogens with zero attached hydrogens (tertiary/aromatic N) is 2. The summed E-state index contributed by atoms with van der Waals surface area (Å²) in [5.74, 6) is -2.70. The second-order valence-electron chi connectivity index (χ2n) is 6.16. The van der Waals surface area contributed by atoms with Gasteiger partial charge in [0.25, 0.3) is 0 Å². The van der Waals surface area contributed by atoms with E-state index in [1.165, 1.54) is 0 Å². The summed E-state index contributed by atoms with van der Waals surface area (Å²) >= 11 is 0. The van der Waals surface area contributed by atoms with Crippen molar-refractivity contribution in [1.29, 1.82) is 0 Å². The van der Waals surface area contributed by atoms with Crippen LogP contribution in [0.5, 0.6) is 5.75 Å². The first kappa shape index (κ1) is 18.1. The fourth-order valence-electron chi connectivity index (χ4n) is 3.31. The fourth-order valence-corrected chi connectivity index (χ4v) is 3.31. The highest BCUT2D eigenvalue weighted by Gasteiger charge is 2.34. The van der Waals surface area contributed by atoms with Crippen LogP contribution < -0.4 is 0 Å². The molecule has 0 amide bonds. The largest absolute Gasteiger partial charge is 0.505 e. The molecule has 138 valence electrons. The van der Waals surface area contributed by atoms with E-state index in [0.717, 1.165) is 17.2 Å². The van der Waals surface area contributed by atoms with Gasteiger partial charge in [-0.1, -0.05) is 0 Å². The summed E-state index contributed by atoms with van der Waals surface area (Å²) in [6, 6.07) is 1.70. The maximum Gasteiger partial charge on any atom is 0.352 e. The highest BCUT2D eigenvalue weighted by molar-refractivity contribution is 6.37. The first-order valence-corrected chi connectivity index (χ1v) is 8.52. The van der Waals surface area contributed by atoms with Gasteiger partial charge in [0.05, 0.1) is 12.6 Å². The molecule has 0 aliphatic carbocycles. The number of likely N-dealkylation sites (N-methyl/N-ethyl adjacent to an activating group) is 1. The number of aliphatic imine (C=N–C) groups is 1. The van der Waals surface area contributed by atoms with Crippen LogP contribution in [0.3, 0.4) is 0 Å². The molecular formula is C19H20F2N2O3. The predicted octanol–water partition coefficient (Wildman–Crippen LogP) is 3.09. The minimum absolute atomic E-state index is 0.0764. The van der Waals surface area contributed by atoms with Crippen molar-refractivity contribution >= 4 is 11.7 Å². The van der Waals surface area contributed by atoms with Crippen LogP contribution in [0.2, 0.25) is 0 Å². The highest BCUT2D eigenvalue weighted by Crippen LogP contribution is 2.36. The summed E-state index contributed by atoms with van der Waals surface area (Å²) < 4.78 is 32.1. The van der Waals surface area contributed by atoms with Crippen LogP contribution in [0.15, 0.2) is 40.7 Å². The molecule has 3 rings (SSSR count). The number of phenolic OH excluding ortho intramolecular Hbond substituents is 1. The monoisotopic (exact) mass is 362 g/mol. The number of carbonyl (C=O) groups is 1. The lowest BCUT2D eigenvalue weighted by Gasteiger charge is -2.27. The Morgan fingerprint density at radius 2 is 2.15 bits per heavy atom. The second kappa shape index (κ2) is 7.27. The first-order chi connectivity index (χ1) is 12.4. The van der Waals surface area contributed by atoms with Crippen molar-refractivity contribution in [3.05, 3.63) is 52.9 Å². The van der Waals surface area contributed by atoms with Crippen LogP contribution >= 0.6 is 0 Å². The number of halogens is 2. The van der Waals surface area contributed by atoms with Crippen LogP contribution in [-0.2, 0) is 16.0 Å². The minimum Gasteiger partial charge on any atom is -0.505 e. The van der Waals surface area contributed by atoms with Gasteiger partial charge in [0.1, 0.15) is 11.5 Å². The summed E-state index contributed by atoms with van der Waals surface area (Å²) in [7, 11) is 0. The van der Waals surface area contributed by atoms with Crippen molar-refractivity contribution in [3.8, 4) is 5.75 Å². The van der Waals surface area contributed by atoms with Gasteiger partial charge in [0.15, 0.2) is 11.6 Å². The lowest BCUT2D eigenvalue weighted by molar-refractivity contribution is -0.135. The molecule has 2 aliphatic rings. The molecule has 26 heavy (non-hydrogen) atoms. The van der Waals surface area contributed by atoms with E-state index in [9.17, 15) is 18.7 Å². The predicted molar refractivity (Wildman–Crippen MR) is 92.7 cm³/mol. The van der Waals surface area contributed by atoms with Gasteiger partial charge >= 0.3 is 5.97 Å². The van der Waals surface area contributed by atoms with E-state index in [1.807, 2.05) is 18.0 Å². The molecule has 2 heterocycles. The maximum absolute atomic E-state index is 13.6. The van der Waals surface area contributed by atoms with Gasteiger partial charge in [-0.25, -0.2) is 13.6 Å². The van der Waals surface area contributed by atoms with Gasteiger partial charge in [0.2, 0.25) is 0 Å². The van der Waals surface area contributed by atoms with Crippen molar-refractivity contribution in [2.45, 2.75) is 32.7 Å². The Morgan fingerprint density at radius 3 is 2.85 bits per heavy atom. The average molecular weight is 362 g/mol. The van der Waals surface area contributed by atoms with E-state index in [4.69, 9.17) is 4.74 Å². The highest BCUT2D eigenvalue weighted by atomic mass is 19.1. The molecule has 2 aliphatic heterocycles. The molecular weight excluding hydrogens is 342 g/mol. The van der Waals surface area contributed by atoms with Crippen molar-refractivity contribution in [2.24, 2.45) is 4.99 Å². The summed E-state index contributed by atoms with van der Waals surface area (Å²) in [5, 5.41) is 9.88. The number of hydrogen-bond donors (Lipinski definition) is 1. The lowest BCUT2D eigenvalue weighted by atomic mass is 9.92. The Bertz CT molecular complexity index is 830. The van der Waals surface area contributed by atoms with Gasteiger partial charge in [0, 0.05) is 43.4 Å². The maximum atomic E-state index is 13.6. The molecule has 0 saturated heterocycles. The molecule has 0 bridgehead atoms. The van der Waals surface area contributed by atoms with Crippen molar-refractivity contribution in [1.82, 2.24) is 4.90 Å². The molecule has 1 aromatic carbocycles. The van der Waals surface area contributed by atoms with E-state index in [2.05, 4.69) is 4.99 Å². The lowest BCUT2D eigenvalue weighted by Crippen LogP contribution is -2.34. The Hall–Kier alpha value is -2.70. The Labute approximate surface area is 150 Å². The summed E-state index contributed by atoms with van der Waals surface area (Å²) in [4.78, 5) is 18.2. The Morgan fingerprint density at radius 1 is 1.38 bits per heavy atom. The standard InChI is InChI=1S/C19H20F2N2O3/c1-3-23-10-12(5-11-6-13(20)7-15(21)18(11)24)14-9-22-16(8-17(14)23)19(25)26-4-2/h6-7,9-10,17,24H,3-5,8H2,1-2H3. The molecule has 1 atom stereocenters. The number of esters is 1. The molecule has 0 saturated carbocycles. The number of hydrogen-bond acceptors (Lipinski definition) is 5. The quantitative estimate of drug-likeness (QED) is 0.818. The fraction of sp³-hybridized carbons (Fsp3) is 0.368. The van der Waals surface area contributed by atoms with E-state index >= 15 is 0 Å². The number of phenols is 1. The summed E-state index contributed by atoms with van der Waals surface area (Å²) in [6.45, 7) is 4.70. The molecule has 0 aromatic heterocycles. The molecule has 1 unspecified atom stereocenters. The molecule has 1 N–H and O–H groups in total. The van der Waals surface area contributed by atoms with E-state index in [-0.39, 0.29) is 24.6 Å². The number of ether oxygens (including phenoxy) is 1. The molecule has 1 aromatic rings. The van der Waals surface area contributed by atoms with Crippen LogP contribution in [0.4, 0.5) is 8.78 Å². The number of carbonyl (C=O) groups excluding carboxylic acids is 1. The van der Waals surface area contributed by atoms with Gasteiger partial charge in [-0.2, -0.15) is 0 Å². The Kier molecular flexibility index (Phi) is 5.06. The number of aromatic hydroxyl groups is 1. The zero-order valence-electron chi connectivity index (χ0n) is 14.6. The molecule has 5 nitrogen and oxygen atoms in total. The van der Waals surface area contributed by atoms with Crippen LogP contribution in [0.1, 0.15) is 25.8 Å². The first-order valence-electron chi connectivity index (χ1n) is 8.52. The second-order valence-corrected chi connectivity index (χ2v) is 6.16. The van der Waals surface area contributed by atoms with Crippen LogP contribution in [0.25, 0.3) is 0 Å². The molecule has 0 spiro atoms. The van der Waals surface area contributed by atoms with Gasteiger partial charge in [-0.05, 0) is 31.1 Å². The van der Waals surface area contributed by atoms with Crippen molar-refractivity contribution in [2.75, 3.05) is 13.2 Å². The van der Waals surface area contributed by atoms with E-state index in [1.54, 1.807) is 13.1 Å². The van der Waals surface area contributed by atoms with Gasteiger partial charge in [-0.3, -0.25) is 4.99 Å². The average Bonchev–Trinajstić information content (AvgIpc) is 2.96. The third-order valence-electron chi connectivity index (χ3n) is 4.56. The molecule has 0 radical (unpaired) electrons. The SMILES string of the molecule is CCOC(=O)C1=NC=C2C(Cc3cc(F)cc(F)c3O)=CN(CC)C2C1. The third-order valence-corrected chi connectivity index (χ3v) is 4.56. The number of fused-ring (bicyclic) bond motifs is 1. The van der Waals surface area contributed by atoms with Gasteiger partial charge in [-0.15, -0.1) is 0 Å². The van der Waals surface area contributed by atoms with Crippen molar-refractivity contribution < 1.29 is 23.4 Å². The van der Waals surface area contributed by atoms with Crippen molar-refractivity contribution in [3.63, 3.8) is 0 Å². The van der Waals surface area contributed by atoms with E-state index < -0.39 is 23.4 Å². The molecule has 0 fully saturated rings. The summed E-state index contributed by atoms with van der Waals surface area (Å²) in [5.41, 5.74) is 2.22. The van der Waals surface area contributed by atoms with Crippen LogP contribution in [-0.4, -0.2) is 40.9 Å². The van der Waals surface area contributed by atoms with Crippen LogP contribution in [0, 0.1) is 11.6 Å². The smallest absolute Gasteiger partial charge is 0.352 e.